The summed E-state index contributed by atoms with van der Waals surface area (Å²) in [5, 5.41) is 4.07. The SMILES string of the molecule is Cc1cc(S(=O)(=O)N2CC3(CCCCC3)C2)ccc1Nc1ncc2ccc(=O)n(C3CCCC3)c2n1. The molecule has 2 saturated carbocycles. The fourth-order valence-corrected chi connectivity index (χ4v) is 8.06. The maximum atomic E-state index is 13.3. The smallest absolute Gasteiger partial charge is 0.252 e. The highest BCUT2D eigenvalue weighted by atomic mass is 32.2. The van der Waals surface area contributed by atoms with Gasteiger partial charge in [0.05, 0.1) is 4.90 Å². The lowest BCUT2D eigenvalue weighted by Crippen LogP contribution is -2.58. The number of anilines is 2. The molecule has 8 nitrogen and oxygen atoms in total. The van der Waals surface area contributed by atoms with E-state index in [0.29, 0.717) is 29.6 Å². The van der Waals surface area contributed by atoms with Gasteiger partial charge in [-0.2, -0.15) is 9.29 Å². The van der Waals surface area contributed by atoms with Crippen molar-refractivity contribution in [3.63, 3.8) is 0 Å². The van der Waals surface area contributed by atoms with Crippen molar-refractivity contribution >= 4 is 32.7 Å². The van der Waals surface area contributed by atoms with Crippen molar-refractivity contribution in [3.8, 4) is 0 Å². The van der Waals surface area contributed by atoms with Crippen molar-refractivity contribution in [1.82, 2.24) is 18.8 Å². The minimum absolute atomic E-state index is 0.0363. The Labute approximate surface area is 211 Å². The van der Waals surface area contributed by atoms with Gasteiger partial charge < -0.3 is 5.32 Å². The van der Waals surface area contributed by atoms with Gasteiger partial charge in [0.2, 0.25) is 16.0 Å². The number of aromatic nitrogens is 3. The van der Waals surface area contributed by atoms with E-state index in [1.165, 1.54) is 19.3 Å². The number of nitrogens with zero attached hydrogens (tertiary/aromatic N) is 4. The van der Waals surface area contributed by atoms with E-state index in [1.807, 2.05) is 11.5 Å². The predicted molar refractivity (Wildman–Crippen MR) is 140 cm³/mol. The second-order valence-corrected chi connectivity index (χ2v) is 12.8. The van der Waals surface area contributed by atoms with Crippen LogP contribution in [0.25, 0.3) is 11.0 Å². The van der Waals surface area contributed by atoms with Crippen LogP contribution in [0, 0.1) is 12.3 Å². The molecule has 1 aromatic carbocycles. The molecule has 1 N–H and O–H groups in total. The maximum absolute atomic E-state index is 13.3. The molecule has 0 amide bonds. The highest BCUT2D eigenvalue weighted by Gasteiger charge is 2.48. The normalized spacial score (nSPS) is 20.6. The summed E-state index contributed by atoms with van der Waals surface area (Å²) < 4.78 is 29.9. The van der Waals surface area contributed by atoms with Gasteiger partial charge in [-0.05, 0) is 67.9 Å². The second kappa shape index (κ2) is 8.95. The van der Waals surface area contributed by atoms with Gasteiger partial charge in [-0.15, -0.1) is 0 Å². The van der Waals surface area contributed by atoms with Gasteiger partial charge in [0, 0.05) is 42.5 Å². The van der Waals surface area contributed by atoms with Crippen LogP contribution in [-0.2, 0) is 10.0 Å². The molecule has 3 aromatic rings. The number of sulfonamides is 1. The van der Waals surface area contributed by atoms with E-state index in [2.05, 4.69) is 10.3 Å². The Bertz CT molecular complexity index is 1460. The van der Waals surface area contributed by atoms with Gasteiger partial charge in [-0.1, -0.05) is 32.1 Å². The third-order valence-electron chi connectivity index (χ3n) is 8.38. The van der Waals surface area contributed by atoms with E-state index >= 15 is 0 Å². The van der Waals surface area contributed by atoms with Crippen LogP contribution < -0.4 is 10.9 Å². The lowest BCUT2D eigenvalue weighted by atomic mass is 9.70. The third kappa shape index (κ3) is 4.12. The zero-order chi connectivity index (χ0) is 24.9. The molecule has 1 saturated heterocycles. The summed E-state index contributed by atoms with van der Waals surface area (Å²) in [7, 11) is -3.50. The summed E-state index contributed by atoms with van der Waals surface area (Å²) in [6.07, 6.45) is 11.9. The maximum Gasteiger partial charge on any atom is 0.252 e. The number of rotatable bonds is 5. The number of hydrogen-bond acceptors (Lipinski definition) is 6. The van der Waals surface area contributed by atoms with E-state index in [1.54, 1.807) is 40.8 Å². The fourth-order valence-electron chi connectivity index (χ4n) is 6.31. The average Bonchev–Trinajstić information content (AvgIpc) is 3.38. The summed E-state index contributed by atoms with van der Waals surface area (Å²) in [5.74, 6) is 0.389. The Hall–Kier alpha value is -2.78. The van der Waals surface area contributed by atoms with E-state index in [-0.39, 0.29) is 17.0 Å². The Morgan fingerprint density at radius 3 is 2.47 bits per heavy atom. The number of aryl methyl sites for hydroxylation is 1. The lowest BCUT2D eigenvalue weighted by molar-refractivity contribution is 0.0305. The van der Waals surface area contributed by atoms with Crippen molar-refractivity contribution in [2.45, 2.75) is 75.6 Å². The summed E-state index contributed by atoms with van der Waals surface area (Å²) in [6.45, 7) is 3.17. The summed E-state index contributed by atoms with van der Waals surface area (Å²) >= 11 is 0. The van der Waals surface area contributed by atoms with Crippen LogP contribution in [0.3, 0.4) is 0 Å². The first-order chi connectivity index (χ1) is 17.3. The van der Waals surface area contributed by atoms with Crippen LogP contribution in [0.1, 0.15) is 69.4 Å². The number of nitrogens with one attached hydrogen (secondary N) is 1. The minimum atomic E-state index is -3.50. The zero-order valence-electron chi connectivity index (χ0n) is 20.7. The molecule has 36 heavy (non-hydrogen) atoms. The van der Waals surface area contributed by atoms with Crippen LogP contribution in [0.15, 0.2) is 46.2 Å². The fraction of sp³-hybridized carbons (Fsp3) is 0.519. The van der Waals surface area contributed by atoms with Crippen LogP contribution in [-0.4, -0.2) is 40.3 Å². The topological polar surface area (TPSA) is 97.2 Å². The van der Waals surface area contributed by atoms with Crippen LogP contribution in [0.5, 0.6) is 0 Å². The molecule has 1 aliphatic heterocycles. The Morgan fingerprint density at radius 2 is 1.75 bits per heavy atom. The van der Waals surface area contributed by atoms with Crippen LogP contribution in [0.4, 0.5) is 11.6 Å². The molecule has 2 aliphatic carbocycles. The molecule has 190 valence electrons. The molecule has 0 unspecified atom stereocenters. The molecule has 6 rings (SSSR count). The molecule has 0 radical (unpaired) electrons. The standard InChI is InChI=1S/C27H33N5O3S/c1-19-15-22(36(34,35)31-17-27(18-31)13-5-2-6-14-27)10-11-23(19)29-26-28-16-20-9-12-24(33)32(25(20)30-26)21-7-3-4-8-21/h9-12,15-16,21H,2-8,13-14,17-18H2,1H3,(H,28,29,30). The number of pyridine rings is 1. The first kappa shape index (κ1) is 23.6. The summed E-state index contributed by atoms with van der Waals surface area (Å²) in [6, 6.07) is 8.69. The van der Waals surface area contributed by atoms with Crippen molar-refractivity contribution in [3.05, 3.63) is 52.4 Å². The van der Waals surface area contributed by atoms with E-state index in [4.69, 9.17) is 4.98 Å². The van der Waals surface area contributed by atoms with Crippen LogP contribution >= 0.6 is 0 Å². The highest BCUT2D eigenvalue weighted by Crippen LogP contribution is 2.45. The summed E-state index contributed by atoms with van der Waals surface area (Å²) in [5.41, 5.74) is 2.35. The van der Waals surface area contributed by atoms with E-state index < -0.39 is 10.0 Å². The second-order valence-electron chi connectivity index (χ2n) is 10.9. The van der Waals surface area contributed by atoms with Crippen molar-refractivity contribution < 1.29 is 8.42 Å². The quantitative estimate of drug-likeness (QED) is 0.527. The van der Waals surface area contributed by atoms with Gasteiger partial charge in [0.15, 0.2) is 0 Å². The molecule has 9 heteroatoms. The summed E-state index contributed by atoms with van der Waals surface area (Å²) in [4.78, 5) is 22.2. The molecular formula is C27H33N5O3S. The molecule has 1 spiro atoms. The molecule has 0 bridgehead atoms. The van der Waals surface area contributed by atoms with Crippen molar-refractivity contribution in [1.29, 1.82) is 0 Å². The minimum Gasteiger partial charge on any atom is -0.324 e. The lowest BCUT2D eigenvalue weighted by Gasteiger charge is -2.51. The monoisotopic (exact) mass is 507 g/mol. The number of fused-ring (bicyclic) bond motifs is 1. The molecule has 3 heterocycles. The van der Waals surface area contributed by atoms with Gasteiger partial charge in [0.25, 0.3) is 5.56 Å². The van der Waals surface area contributed by atoms with Crippen molar-refractivity contribution in [2.24, 2.45) is 5.41 Å². The average molecular weight is 508 g/mol. The van der Waals surface area contributed by atoms with Gasteiger partial charge >= 0.3 is 0 Å². The Kier molecular flexibility index (Phi) is 5.87. The van der Waals surface area contributed by atoms with Crippen molar-refractivity contribution in [2.75, 3.05) is 18.4 Å². The predicted octanol–water partition coefficient (Wildman–Crippen LogP) is 4.91. The van der Waals surface area contributed by atoms with E-state index in [0.717, 1.165) is 55.2 Å². The molecular weight excluding hydrogens is 474 g/mol. The Balaban J connectivity index is 1.24. The number of benzene rings is 1. The van der Waals surface area contributed by atoms with Gasteiger partial charge in [-0.25, -0.2) is 13.4 Å². The zero-order valence-corrected chi connectivity index (χ0v) is 21.6. The van der Waals surface area contributed by atoms with Crippen LogP contribution in [0.2, 0.25) is 0 Å². The highest BCUT2D eigenvalue weighted by molar-refractivity contribution is 7.89. The third-order valence-corrected chi connectivity index (χ3v) is 10.2. The molecule has 0 atom stereocenters. The van der Waals surface area contributed by atoms with E-state index in [9.17, 15) is 13.2 Å². The number of hydrogen-bond donors (Lipinski definition) is 1. The molecule has 2 aromatic heterocycles. The first-order valence-electron chi connectivity index (χ1n) is 13.1. The first-order valence-corrected chi connectivity index (χ1v) is 14.5. The molecule has 3 aliphatic rings. The molecule has 3 fully saturated rings. The Morgan fingerprint density at radius 1 is 1.00 bits per heavy atom. The van der Waals surface area contributed by atoms with Gasteiger partial charge in [-0.3, -0.25) is 9.36 Å². The largest absolute Gasteiger partial charge is 0.324 e. The van der Waals surface area contributed by atoms with Gasteiger partial charge in [0.1, 0.15) is 5.65 Å².